The normalized spacial score (nSPS) is 20.1. The predicted octanol–water partition coefficient (Wildman–Crippen LogP) is 1.81. The van der Waals surface area contributed by atoms with Gasteiger partial charge in [0.05, 0.1) is 6.04 Å². The number of benzene rings is 1. The number of nitrogens with zero attached hydrogens (tertiary/aromatic N) is 1. The average Bonchev–Trinajstić information content (AvgIpc) is 2.43. The maximum absolute atomic E-state index is 13.7. The van der Waals surface area contributed by atoms with Gasteiger partial charge in [0, 0.05) is 24.7 Å². The lowest BCUT2D eigenvalue weighted by molar-refractivity contribution is -0.123. The summed E-state index contributed by atoms with van der Waals surface area (Å²) in [5.74, 6) is -1.26. The van der Waals surface area contributed by atoms with E-state index in [4.69, 9.17) is 5.73 Å². The van der Waals surface area contributed by atoms with Crippen molar-refractivity contribution in [1.82, 2.24) is 10.2 Å². The maximum atomic E-state index is 13.7. The summed E-state index contributed by atoms with van der Waals surface area (Å²) in [4.78, 5) is 13.6. The summed E-state index contributed by atoms with van der Waals surface area (Å²) < 4.78 is 27.3. The summed E-state index contributed by atoms with van der Waals surface area (Å²) in [6.07, 6.45) is 1.73. The fourth-order valence-electron chi connectivity index (χ4n) is 2.56. The van der Waals surface area contributed by atoms with E-state index < -0.39 is 17.7 Å². The second kappa shape index (κ2) is 8.41. The van der Waals surface area contributed by atoms with Crippen LogP contribution in [0.25, 0.3) is 0 Å². The van der Waals surface area contributed by atoms with Crippen LogP contribution in [0.5, 0.6) is 0 Å². The number of carbonyl (C=O) groups is 1. The molecule has 0 spiro atoms. The van der Waals surface area contributed by atoms with E-state index in [0.29, 0.717) is 6.54 Å². The van der Waals surface area contributed by atoms with E-state index in [0.717, 1.165) is 19.4 Å². The number of hydrogen-bond donors (Lipinski definition) is 2. The summed E-state index contributed by atoms with van der Waals surface area (Å²) >= 11 is 0. The fraction of sp³-hybridized carbons (Fsp3) is 0.533. The van der Waals surface area contributed by atoms with E-state index in [9.17, 15) is 13.6 Å². The van der Waals surface area contributed by atoms with Gasteiger partial charge >= 0.3 is 0 Å². The molecule has 4 nitrogen and oxygen atoms in total. The topological polar surface area (TPSA) is 58.4 Å². The van der Waals surface area contributed by atoms with Crippen LogP contribution in [0.2, 0.25) is 0 Å². The fourth-order valence-corrected chi connectivity index (χ4v) is 2.56. The monoisotopic (exact) mass is 333 g/mol. The molecule has 1 amide bonds. The van der Waals surface area contributed by atoms with Crippen molar-refractivity contribution >= 4 is 18.3 Å². The zero-order valence-corrected chi connectivity index (χ0v) is 13.3. The van der Waals surface area contributed by atoms with Crippen molar-refractivity contribution in [2.75, 3.05) is 13.1 Å². The van der Waals surface area contributed by atoms with E-state index in [1.54, 1.807) is 6.92 Å². The first-order valence-corrected chi connectivity index (χ1v) is 7.18. The molecule has 0 aliphatic carbocycles. The van der Waals surface area contributed by atoms with Gasteiger partial charge in [-0.3, -0.25) is 9.69 Å². The lowest BCUT2D eigenvalue weighted by Crippen LogP contribution is -2.51. The van der Waals surface area contributed by atoms with Crippen molar-refractivity contribution in [3.63, 3.8) is 0 Å². The Morgan fingerprint density at radius 3 is 2.68 bits per heavy atom. The highest BCUT2D eigenvalue weighted by atomic mass is 35.5. The number of carbonyl (C=O) groups excluding carboxylic acids is 1. The highest BCUT2D eigenvalue weighted by Crippen LogP contribution is 2.18. The van der Waals surface area contributed by atoms with Gasteiger partial charge in [0.2, 0.25) is 5.91 Å². The largest absolute Gasteiger partial charge is 0.351 e. The first kappa shape index (κ1) is 18.8. The van der Waals surface area contributed by atoms with E-state index in [1.807, 2.05) is 4.90 Å². The number of amides is 1. The molecule has 1 fully saturated rings. The number of likely N-dealkylation sites (tertiary alicyclic amines) is 1. The van der Waals surface area contributed by atoms with Gasteiger partial charge in [0.25, 0.3) is 0 Å². The molecule has 124 valence electrons. The van der Waals surface area contributed by atoms with Gasteiger partial charge < -0.3 is 11.1 Å². The number of rotatable bonds is 4. The summed E-state index contributed by atoms with van der Waals surface area (Å²) in [6.45, 7) is 3.18. The molecule has 22 heavy (non-hydrogen) atoms. The molecule has 7 heteroatoms. The van der Waals surface area contributed by atoms with Gasteiger partial charge in [0.15, 0.2) is 0 Å². The smallest absolute Gasteiger partial charge is 0.236 e. The van der Waals surface area contributed by atoms with Crippen LogP contribution in [-0.4, -0.2) is 36.0 Å². The number of nitrogens with two attached hydrogens (primary N) is 1. The van der Waals surface area contributed by atoms with Gasteiger partial charge in [-0.2, -0.15) is 0 Å². The Balaban J connectivity index is 0.00000242. The minimum Gasteiger partial charge on any atom is -0.351 e. The van der Waals surface area contributed by atoms with Crippen molar-refractivity contribution in [3.8, 4) is 0 Å². The molecule has 0 bridgehead atoms. The Bertz CT molecular complexity index is 493. The van der Waals surface area contributed by atoms with Crippen LogP contribution in [0, 0.1) is 11.6 Å². The molecule has 1 aliphatic heterocycles. The standard InChI is InChI=1S/C15H21F2N3O.ClH/c1-10(18)15(21)19-11-4-3-7-20(8-11)9-12-13(16)5-2-6-14(12)17;/h2,5-6,10-11H,3-4,7-9,18H2,1H3,(H,19,21);1H. The highest BCUT2D eigenvalue weighted by molar-refractivity contribution is 5.85. The number of nitrogens with one attached hydrogen (secondary N) is 1. The molecular weight excluding hydrogens is 312 g/mol. The van der Waals surface area contributed by atoms with Gasteiger partial charge in [-0.25, -0.2) is 8.78 Å². The maximum Gasteiger partial charge on any atom is 0.236 e. The van der Waals surface area contributed by atoms with Crippen LogP contribution < -0.4 is 11.1 Å². The lowest BCUT2D eigenvalue weighted by Gasteiger charge is -2.33. The Kier molecular flexibility index (Phi) is 7.19. The van der Waals surface area contributed by atoms with Crippen LogP contribution in [0.4, 0.5) is 8.78 Å². The quantitative estimate of drug-likeness (QED) is 0.883. The van der Waals surface area contributed by atoms with Crippen molar-refractivity contribution in [1.29, 1.82) is 0 Å². The Morgan fingerprint density at radius 2 is 2.09 bits per heavy atom. The van der Waals surface area contributed by atoms with Crippen molar-refractivity contribution in [2.45, 2.75) is 38.4 Å². The summed E-state index contributed by atoms with van der Waals surface area (Å²) in [5, 5.41) is 2.87. The van der Waals surface area contributed by atoms with Crippen molar-refractivity contribution < 1.29 is 13.6 Å². The Hall–Kier alpha value is -1.24. The molecule has 2 rings (SSSR count). The Morgan fingerprint density at radius 1 is 1.45 bits per heavy atom. The molecule has 2 atom stereocenters. The highest BCUT2D eigenvalue weighted by Gasteiger charge is 2.23. The lowest BCUT2D eigenvalue weighted by atomic mass is 10.0. The molecule has 1 heterocycles. The number of halogens is 3. The predicted molar refractivity (Wildman–Crippen MR) is 83.7 cm³/mol. The van der Waals surface area contributed by atoms with Crippen LogP contribution >= 0.6 is 12.4 Å². The van der Waals surface area contributed by atoms with Crippen LogP contribution in [0.3, 0.4) is 0 Å². The molecule has 1 aromatic rings. The summed E-state index contributed by atoms with van der Waals surface area (Å²) in [5.41, 5.74) is 5.61. The molecule has 0 saturated carbocycles. The third-order valence-electron chi connectivity index (χ3n) is 3.71. The van der Waals surface area contributed by atoms with Gasteiger partial charge in [0.1, 0.15) is 11.6 Å². The molecule has 2 unspecified atom stereocenters. The molecular formula is C15H22ClF2N3O. The SMILES string of the molecule is CC(N)C(=O)NC1CCCN(Cc2c(F)cccc2F)C1.Cl. The zero-order chi connectivity index (χ0) is 15.4. The van der Waals surface area contributed by atoms with E-state index in [1.165, 1.54) is 18.2 Å². The average molecular weight is 334 g/mol. The zero-order valence-electron chi connectivity index (χ0n) is 12.5. The van der Waals surface area contributed by atoms with Crippen LogP contribution in [0.1, 0.15) is 25.3 Å². The second-order valence-corrected chi connectivity index (χ2v) is 5.57. The van der Waals surface area contributed by atoms with Gasteiger partial charge in [-0.1, -0.05) is 6.07 Å². The number of piperidine rings is 1. The third kappa shape index (κ3) is 4.90. The minimum atomic E-state index is -0.551. The minimum absolute atomic E-state index is 0. The molecule has 3 N–H and O–H groups in total. The van der Waals surface area contributed by atoms with Crippen molar-refractivity contribution in [2.24, 2.45) is 5.73 Å². The van der Waals surface area contributed by atoms with E-state index in [-0.39, 0.29) is 36.5 Å². The molecule has 0 radical (unpaired) electrons. The van der Waals surface area contributed by atoms with Crippen molar-refractivity contribution in [3.05, 3.63) is 35.4 Å². The number of hydrogen-bond acceptors (Lipinski definition) is 3. The molecule has 1 saturated heterocycles. The first-order chi connectivity index (χ1) is 9.97. The van der Waals surface area contributed by atoms with Crippen LogP contribution in [-0.2, 0) is 11.3 Å². The summed E-state index contributed by atoms with van der Waals surface area (Å²) in [6, 6.07) is 3.31. The van der Waals surface area contributed by atoms with Crippen LogP contribution in [0.15, 0.2) is 18.2 Å². The van der Waals surface area contributed by atoms with Gasteiger partial charge in [-0.05, 0) is 38.4 Å². The molecule has 1 aromatic carbocycles. The molecule has 1 aliphatic rings. The first-order valence-electron chi connectivity index (χ1n) is 7.18. The second-order valence-electron chi connectivity index (χ2n) is 5.57. The van der Waals surface area contributed by atoms with E-state index in [2.05, 4.69) is 5.32 Å². The van der Waals surface area contributed by atoms with Gasteiger partial charge in [-0.15, -0.1) is 12.4 Å². The van der Waals surface area contributed by atoms with E-state index >= 15 is 0 Å². The Labute approximate surface area is 135 Å². The summed E-state index contributed by atoms with van der Waals surface area (Å²) in [7, 11) is 0. The third-order valence-corrected chi connectivity index (χ3v) is 3.71. The molecule has 0 aromatic heterocycles.